The molecule has 11 heavy (non-hydrogen) atoms. The molecule has 1 aromatic carbocycles. The molecule has 0 amide bonds. The van der Waals surface area contributed by atoms with Gasteiger partial charge in [0.2, 0.25) is 0 Å². The molecular formula is C8H9F2N. The van der Waals surface area contributed by atoms with Gasteiger partial charge in [0.25, 0.3) is 0 Å². The zero-order valence-corrected chi connectivity index (χ0v) is 5.93. The zero-order chi connectivity index (χ0) is 8.27. The van der Waals surface area contributed by atoms with E-state index in [9.17, 15) is 8.78 Å². The zero-order valence-electron chi connectivity index (χ0n) is 5.93. The molecule has 0 radical (unpaired) electrons. The average Bonchev–Trinajstić information content (AvgIpc) is 2.04. The summed E-state index contributed by atoms with van der Waals surface area (Å²) in [6, 6.07) is 5.10. The van der Waals surface area contributed by atoms with Crippen LogP contribution >= 0.6 is 0 Å². The molecule has 1 aromatic rings. The summed E-state index contributed by atoms with van der Waals surface area (Å²) in [5.74, 6) is -0.447. The predicted molar refractivity (Wildman–Crippen MR) is 39.3 cm³/mol. The third-order valence-corrected chi connectivity index (χ3v) is 1.47. The third-order valence-electron chi connectivity index (χ3n) is 1.47. The van der Waals surface area contributed by atoms with Crippen molar-refractivity contribution in [3.8, 4) is 0 Å². The number of hydrogen-bond acceptors (Lipinski definition) is 1. The first-order valence-electron chi connectivity index (χ1n) is 3.31. The number of benzene rings is 1. The van der Waals surface area contributed by atoms with Crippen molar-refractivity contribution in [2.75, 3.05) is 6.67 Å². The van der Waals surface area contributed by atoms with Gasteiger partial charge in [0, 0.05) is 5.56 Å². The second-order valence-electron chi connectivity index (χ2n) is 2.28. The monoisotopic (exact) mass is 157 g/mol. The van der Waals surface area contributed by atoms with Gasteiger partial charge in [0.15, 0.2) is 0 Å². The SMILES string of the molecule is N[C@H](CF)c1ccccc1F. The summed E-state index contributed by atoms with van der Waals surface area (Å²) in [5.41, 5.74) is 5.51. The van der Waals surface area contributed by atoms with Gasteiger partial charge in [-0.15, -0.1) is 0 Å². The molecular weight excluding hydrogens is 148 g/mol. The highest BCUT2D eigenvalue weighted by molar-refractivity contribution is 5.20. The fourth-order valence-electron chi connectivity index (χ4n) is 0.859. The Morgan fingerprint density at radius 1 is 1.36 bits per heavy atom. The molecule has 0 saturated carbocycles. The van der Waals surface area contributed by atoms with Crippen molar-refractivity contribution in [3.63, 3.8) is 0 Å². The van der Waals surface area contributed by atoms with E-state index in [1.54, 1.807) is 12.1 Å². The van der Waals surface area contributed by atoms with Gasteiger partial charge < -0.3 is 5.73 Å². The average molecular weight is 157 g/mol. The number of halogens is 2. The van der Waals surface area contributed by atoms with E-state index in [1.165, 1.54) is 12.1 Å². The number of rotatable bonds is 2. The Morgan fingerprint density at radius 2 is 2.00 bits per heavy atom. The van der Waals surface area contributed by atoms with Crippen molar-refractivity contribution in [2.24, 2.45) is 5.73 Å². The second-order valence-corrected chi connectivity index (χ2v) is 2.28. The van der Waals surface area contributed by atoms with Gasteiger partial charge in [-0.2, -0.15) is 0 Å². The Labute approximate surface area is 63.8 Å². The highest BCUT2D eigenvalue weighted by Gasteiger charge is 2.08. The van der Waals surface area contributed by atoms with Gasteiger partial charge in [0.05, 0.1) is 6.04 Å². The lowest BCUT2D eigenvalue weighted by Crippen LogP contribution is -2.13. The van der Waals surface area contributed by atoms with Crippen LogP contribution in [0.15, 0.2) is 24.3 Å². The van der Waals surface area contributed by atoms with E-state index in [2.05, 4.69) is 0 Å². The van der Waals surface area contributed by atoms with Crippen molar-refractivity contribution in [3.05, 3.63) is 35.6 Å². The number of nitrogens with two attached hydrogens (primary N) is 1. The molecule has 0 heterocycles. The van der Waals surface area contributed by atoms with E-state index in [-0.39, 0.29) is 5.56 Å². The topological polar surface area (TPSA) is 26.0 Å². The summed E-state index contributed by atoms with van der Waals surface area (Å²) < 4.78 is 24.7. The van der Waals surface area contributed by atoms with Crippen LogP contribution in [0.3, 0.4) is 0 Å². The minimum absolute atomic E-state index is 0.231. The van der Waals surface area contributed by atoms with Crippen LogP contribution in [-0.4, -0.2) is 6.67 Å². The van der Waals surface area contributed by atoms with Crippen LogP contribution in [0.1, 0.15) is 11.6 Å². The minimum atomic E-state index is -0.837. The van der Waals surface area contributed by atoms with Crippen molar-refractivity contribution >= 4 is 0 Å². The summed E-state index contributed by atoms with van der Waals surface area (Å²) >= 11 is 0. The van der Waals surface area contributed by atoms with Crippen LogP contribution in [0.5, 0.6) is 0 Å². The maximum absolute atomic E-state index is 12.8. The first kappa shape index (κ1) is 8.14. The van der Waals surface area contributed by atoms with Crippen molar-refractivity contribution in [1.82, 2.24) is 0 Å². The standard InChI is InChI=1S/C8H9F2N/c9-5-8(11)6-3-1-2-4-7(6)10/h1-4,8H,5,11H2/t8-/m1/s1. The van der Waals surface area contributed by atoms with Gasteiger partial charge in [-0.25, -0.2) is 8.78 Å². The first-order valence-corrected chi connectivity index (χ1v) is 3.31. The van der Waals surface area contributed by atoms with Crippen LogP contribution < -0.4 is 5.73 Å². The highest BCUT2D eigenvalue weighted by Crippen LogP contribution is 2.14. The number of alkyl halides is 1. The molecule has 0 saturated heterocycles. The first-order chi connectivity index (χ1) is 5.25. The van der Waals surface area contributed by atoms with Gasteiger partial charge in [-0.05, 0) is 6.07 Å². The predicted octanol–water partition coefficient (Wildman–Crippen LogP) is 1.79. The van der Waals surface area contributed by atoms with Gasteiger partial charge in [-0.1, -0.05) is 18.2 Å². The molecule has 1 rings (SSSR count). The van der Waals surface area contributed by atoms with Gasteiger partial charge in [-0.3, -0.25) is 0 Å². The van der Waals surface area contributed by atoms with E-state index >= 15 is 0 Å². The highest BCUT2D eigenvalue weighted by atomic mass is 19.1. The summed E-state index contributed by atoms with van der Waals surface area (Å²) in [7, 11) is 0. The quantitative estimate of drug-likeness (QED) is 0.695. The molecule has 1 atom stereocenters. The lowest BCUT2D eigenvalue weighted by molar-refractivity contribution is 0.427. The lowest BCUT2D eigenvalue weighted by Gasteiger charge is -2.06. The lowest BCUT2D eigenvalue weighted by atomic mass is 10.1. The summed E-state index contributed by atoms with van der Waals surface area (Å²) in [6.07, 6.45) is 0. The molecule has 3 heteroatoms. The van der Waals surface area contributed by atoms with Crippen LogP contribution in [-0.2, 0) is 0 Å². The van der Waals surface area contributed by atoms with Crippen molar-refractivity contribution in [1.29, 1.82) is 0 Å². The fraction of sp³-hybridized carbons (Fsp3) is 0.250. The van der Waals surface area contributed by atoms with E-state index in [4.69, 9.17) is 5.73 Å². The van der Waals surface area contributed by atoms with E-state index in [1.807, 2.05) is 0 Å². The van der Waals surface area contributed by atoms with Crippen LogP contribution in [0.2, 0.25) is 0 Å². The van der Waals surface area contributed by atoms with Gasteiger partial charge >= 0.3 is 0 Å². The summed E-state index contributed by atoms with van der Waals surface area (Å²) in [6.45, 7) is -0.735. The van der Waals surface area contributed by atoms with Crippen molar-refractivity contribution < 1.29 is 8.78 Å². The van der Waals surface area contributed by atoms with E-state index < -0.39 is 18.5 Å². The summed E-state index contributed by atoms with van der Waals surface area (Å²) in [4.78, 5) is 0. The largest absolute Gasteiger partial charge is 0.322 e. The molecule has 0 bridgehead atoms. The van der Waals surface area contributed by atoms with Crippen LogP contribution in [0.4, 0.5) is 8.78 Å². The van der Waals surface area contributed by atoms with E-state index in [0.717, 1.165) is 0 Å². The minimum Gasteiger partial charge on any atom is -0.322 e. The molecule has 60 valence electrons. The molecule has 0 spiro atoms. The molecule has 0 aromatic heterocycles. The Kier molecular flexibility index (Phi) is 2.54. The Balaban J connectivity index is 2.93. The van der Waals surface area contributed by atoms with Gasteiger partial charge in [0.1, 0.15) is 12.5 Å². The Bertz CT molecular complexity index is 237. The normalized spacial score (nSPS) is 13.0. The Hall–Kier alpha value is -0.960. The maximum atomic E-state index is 12.8. The molecule has 0 fully saturated rings. The maximum Gasteiger partial charge on any atom is 0.128 e. The Morgan fingerprint density at radius 3 is 2.55 bits per heavy atom. The third kappa shape index (κ3) is 1.74. The second kappa shape index (κ2) is 3.44. The summed E-state index contributed by atoms with van der Waals surface area (Å²) in [5, 5.41) is 0. The fourth-order valence-corrected chi connectivity index (χ4v) is 0.859. The molecule has 0 aliphatic rings. The van der Waals surface area contributed by atoms with Crippen LogP contribution in [0.25, 0.3) is 0 Å². The molecule has 0 unspecified atom stereocenters. The molecule has 2 N–H and O–H groups in total. The molecule has 1 nitrogen and oxygen atoms in total. The van der Waals surface area contributed by atoms with Crippen LogP contribution in [0, 0.1) is 5.82 Å². The number of hydrogen-bond donors (Lipinski definition) is 1. The van der Waals surface area contributed by atoms with Crippen molar-refractivity contribution in [2.45, 2.75) is 6.04 Å². The van der Waals surface area contributed by atoms with E-state index in [0.29, 0.717) is 0 Å². The molecule has 0 aliphatic carbocycles. The molecule has 0 aliphatic heterocycles. The smallest absolute Gasteiger partial charge is 0.128 e.